The van der Waals surface area contributed by atoms with Crippen molar-refractivity contribution >= 4 is 17.8 Å². The van der Waals surface area contributed by atoms with Gasteiger partial charge in [-0.15, -0.1) is 0 Å². The van der Waals surface area contributed by atoms with E-state index in [2.05, 4.69) is 32.6 Å². The zero-order valence-electron chi connectivity index (χ0n) is 20.2. The van der Waals surface area contributed by atoms with Crippen LogP contribution in [0.3, 0.4) is 0 Å². The first-order valence-corrected chi connectivity index (χ1v) is 12.2. The Morgan fingerprint density at radius 2 is 1.63 bits per heavy atom. The Morgan fingerprint density at radius 3 is 2.34 bits per heavy atom. The molecule has 1 atom stereocenters. The monoisotopic (exact) mass is 473 g/mol. The van der Waals surface area contributed by atoms with Crippen molar-refractivity contribution in [1.29, 1.82) is 0 Å². The lowest BCUT2D eigenvalue weighted by Gasteiger charge is -2.41. The summed E-state index contributed by atoms with van der Waals surface area (Å²) in [6.45, 7) is 6.94. The van der Waals surface area contributed by atoms with Crippen molar-refractivity contribution in [2.45, 2.75) is 39.3 Å². The minimum absolute atomic E-state index is 0.0268. The van der Waals surface area contributed by atoms with Crippen molar-refractivity contribution in [2.75, 3.05) is 31.1 Å². The maximum absolute atomic E-state index is 13.7. The molecule has 3 heterocycles. The van der Waals surface area contributed by atoms with Crippen molar-refractivity contribution in [1.82, 2.24) is 30.0 Å². The third kappa shape index (κ3) is 4.76. The summed E-state index contributed by atoms with van der Waals surface area (Å²) >= 11 is 0. The van der Waals surface area contributed by atoms with E-state index in [9.17, 15) is 9.59 Å². The normalized spacial score (nSPS) is 18.0. The predicted octanol–water partition coefficient (Wildman–Crippen LogP) is 2.31. The Morgan fingerprint density at radius 1 is 0.943 bits per heavy atom. The molecule has 35 heavy (non-hydrogen) atoms. The summed E-state index contributed by atoms with van der Waals surface area (Å²) in [7, 11) is 0. The minimum Gasteiger partial charge on any atom is -0.337 e. The number of fused-ring (bicyclic) bond motifs is 1. The van der Waals surface area contributed by atoms with Crippen LogP contribution >= 0.6 is 0 Å². The van der Waals surface area contributed by atoms with Gasteiger partial charge in [-0.3, -0.25) is 9.59 Å². The Kier molecular flexibility index (Phi) is 6.48. The summed E-state index contributed by atoms with van der Waals surface area (Å²) in [6, 6.07) is 17.4. The highest BCUT2D eigenvalue weighted by molar-refractivity contribution is 5.88. The topological polar surface area (TPSA) is 87.5 Å². The summed E-state index contributed by atoms with van der Waals surface area (Å²) < 4.78 is 1.72. The Labute approximate surface area is 205 Å². The fourth-order valence-electron chi connectivity index (χ4n) is 4.93. The largest absolute Gasteiger partial charge is 0.337 e. The fraction of sp³-hybridized carbons (Fsp3) is 0.423. The Balaban J connectivity index is 1.30. The summed E-state index contributed by atoms with van der Waals surface area (Å²) in [5.74, 6) is 0.991. The average Bonchev–Trinajstić information content (AvgIpc) is 3.38. The molecule has 0 bridgehead atoms. The van der Waals surface area contributed by atoms with Crippen LogP contribution < -0.4 is 4.90 Å². The quantitative estimate of drug-likeness (QED) is 0.565. The molecule has 2 aliphatic rings. The summed E-state index contributed by atoms with van der Waals surface area (Å²) in [6.07, 6.45) is 1.01. The van der Waals surface area contributed by atoms with Crippen molar-refractivity contribution in [3.63, 3.8) is 0 Å². The van der Waals surface area contributed by atoms with E-state index in [1.165, 1.54) is 0 Å². The van der Waals surface area contributed by atoms with Gasteiger partial charge >= 0.3 is 0 Å². The van der Waals surface area contributed by atoms with Gasteiger partial charge in [0.05, 0.1) is 5.69 Å². The van der Waals surface area contributed by atoms with E-state index in [4.69, 9.17) is 0 Å². The first kappa shape index (κ1) is 23.0. The summed E-state index contributed by atoms with van der Waals surface area (Å²) in [5, 5.41) is 12.3. The van der Waals surface area contributed by atoms with E-state index in [0.717, 1.165) is 16.8 Å². The van der Waals surface area contributed by atoms with E-state index in [-0.39, 0.29) is 17.7 Å². The molecule has 1 saturated heterocycles. The zero-order valence-corrected chi connectivity index (χ0v) is 20.2. The number of amides is 2. The second-order valence-corrected chi connectivity index (χ2v) is 9.65. The van der Waals surface area contributed by atoms with Crippen molar-refractivity contribution in [3.05, 3.63) is 65.7 Å². The van der Waals surface area contributed by atoms with Gasteiger partial charge in [0.25, 0.3) is 0 Å². The second-order valence-electron chi connectivity index (χ2n) is 9.65. The molecule has 182 valence electrons. The van der Waals surface area contributed by atoms with Gasteiger partial charge in [0.2, 0.25) is 17.8 Å². The van der Waals surface area contributed by atoms with Crippen LogP contribution in [0.15, 0.2) is 54.6 Å². The molecule has 0 radical (unpaired) electrons. The molecule has 0 aliphatic carbocycles. The van der Waals surface area contributed by atoms with Crippen molar-refractivity contribution in [3.8, 4) is 5.69 Å². The molecule has 2 aliphatic heterocycles. The first-order chi connectivity index (χ1) is 17.0. The molecule has 2 aromatic carbocycles. The van der Waals surface area contributed by atoms with E-state index in [1.807, 2.05) is 61.2 Å². The number of carbonyl (C=O) groups is 2. The van der Waals surface area contributed by atoms with Gasteiger partial charge in [-0.25, -0.2) is 0 Å². The van der Waals surface area contributed by atoms with Gasteiger partial charge in [0, 0.05) is 45.6 Å². The number of anilines is 1. The van der Waals surface area contributed by atoms with Crippen LogP contribution in [-0.2, 0) is 22.6 Å². The highest BCUT2D eigenvalue weighted by Crippen LogP contribution is 2.27. The lowest BCUT2D eigenvalue weighted by atomic mass is 9.92. The molecule has 9 heteroatoms. The molecule has 1 aromatic heterocycles. The Hall–Kier alpha value is -3.75. The van der Waals surface area contributed by atoms with Crippen LogP contribution in [0.5, 0.6) is 0 Å². The molecule has 0 N–H and O–H groups in total. The highest BCUT2D eigenvalue weighted by atomic mass is 16.2. The number of piperazine rings is 1. The molecule has 0 saturated carbocycles. The van der Waals surface area contributed by atoms with Crippen LogP contribution in [0.1, 0.15) is 31.4 Å². The van der Waals surface area contributed by atoms with Gasteiger partial charge < -0.3 is 14.7 Å². The van der Waals surface area contributed by atoms with Gasteiger partial charge in [-0.05, 0) is 39.6 Å². The van der Waals surface area contributed by atoms with Crippen LogP contribution in [0.4, 0.5) is 5.95 Å². The average molecular weight is 474 g/mol. The number of hydrogen-bond acceptors (Lipinski definition) is 6. The number of nitrogens with zero attached hydrogens (tertiary/aromatic N) is 7. The molecular weight excluding hydrogens is 442 g/mol. The maximum Gasteiger partial charge on any atom is 0.250 e. The predicted molar refractivity (Wildman–Crippen MR) is 132 cm³/mol. The fourth-order valence-corrected chi connectivity index (χ4v) is 4.93. The number of tetrazole rings is 1. The molecule has 3 aromatic rings. The summed E-state index contributed by atoms with van der Waals surface area (Å²) in [5.41, 5.74) is 3.18. The van der Waals surface area contributed by atoms with Crippen LogP contribution in [-0.4, -0.2) is 74.0 Å². The van der Waals surface area contributed by atoms with Gasteiger partial charge in [0.15, 0.2) is 0 Å². The van der Waals surface area contributed by atoms with E-state index in [1.54, 1.807) is 9.58 Å². The van der Waals surface area contributed by atoms with Crippen molar-refractivity contribution < 1.29 is 9.59 Å². The zero-order chi connectivity index (χ0) is 24.4. The molecule has 0 spiro atoms. The molecule has 9 nitrogen and oxygen atoms in total. The molecular formula is C26H31N7O2. The van der Waals surface area contributed by atoms with Gasteiger partial charge in [-0.1, -0.05) is 61.4 Å². The number of hydrogen-bond donors (Lipinski definition) is 0. The smallest absolute Gasteiger partial charge is 0.250 e. The molecule has 5 rings (SSSR count). The number of rotatable bonds is 5. The second kappa shape index (κ2) is 9.85. The highest BCUT2D eigenvalue weighted by Gasteiger charge is 2.38. The molecule has 1 unspecified atom stereocenters. The minimum atomic E-state index is -0.461. The number of benzene rings is 2. The van der Waals surface area contributed by atoms with Crippen molar-refractivity contribution in [2.24, 2.45) is 5.92 Å². The lowest BCUT2D eigenvalue weighted by Crippen LogP contribution is -2.58. The Bertz CT molecular complexity index is 1190. The van der Waals surface area contributed by atoms with Crippen LogP contribution in [0.25, 0.3) is 5.69 Å². The number of carbonyl (C=O) groups excluding carboxylic acids is 2. The third-order valence-electron chi connectivity index (χ3n) is 6.76. The summed E-state index contributed by atoms with van der Waals surface area (Å²) in [4.78, 5) is 32.6. The van der Waals surface area contributed by atoms with Crippen LogP contribution in [0.2, 0.25) is 0 Å². The van der Waals surface area contributed by atoms with E-state index in [0.29, 0.717) is 51.5 Å². The van der Waals surface area contributed by atoms with Crippen LogP contribution in [0, 0.1) is 5.92 Å². The lowest BCUT2D eigenvalue weighted by molar-refractivity contribution is -0.147. The number of aromatic nitrogens is 4. The van der Waals surface area contributed by atoms with Gasteiger partial charge in [-0.2, -0.15) is 4.68 Å². The van der Waals surface area contributed by atoms with E-state index >= 15 is 0 Å². The first-order valence-electron chi connectivity index (χ1n) is 12.2. The maximum atomic E-state index is 13.7. The molecule has 2 amide bonds. The molecule has 1 fully saturated rings. The van der Waals surface area contributed by atoms with E-state index < -0.39 is 6.04 Å². The third-order valence-corrected chi connectivity index (χ3v) is 6.76. The SMILES string of the molecule is CC(C)CC(=O)N1Cc2ccccc2CC1C(=O)N1CCN(c2nnnn2-c2ccccc2)CC1. The standard InChI is InChI=1S/C26H31N7O2/c1-19(2)16-24(34)32-18-21-9-7-6-8-20(21)17-23(32)25(35)30-12-14-31(15-13-30)26-27-28-29-33(26)22-10-4-3-5-11-22/h3-11,19,23H,12-18H2,1-2H3. The number of para-hydroxylation sites is 1. The van der Waals surface area contributed by atoms with Gasteiger partial charge in [0.1, 0.15) is 6.04 Å².